The molecule has 0 aromatic heterocycles. The summed E-state index contributed by atoms with van der Waals surface area (Å²) in [7, 11) is 3.81. The monoisotopic (exact) mass is 262 g/mol. The van der Waals surface area contributed by atoms with Crippen LogP contribution in [0.4, 0.5) is 0 Å². The Hall–Kier alpha value is -1.81. The van der Waals surface area contributed by atoms with E-state index in [1.165, 1.54) is 6.21 Å². The highest BCUT2D eigenvalue weighted by Gasteiger charge is 2.11. The van der Waals surface area contributed by atoms with E-state index in [2.05, 4.69) is 23.9 Å². The number of allylic oxidation sites excluding steroid dienone is 4. The van der Waals surface area contributed by atoms with E-state index < -0.39 is 0 Å². The predicted octanol–water partition coefficient (Wildman–Crippen LogP) is 2.60. The van der Waals surface area contributed by atoms with Gasteiger partial charge in [0.05, 0.1) is 6.04 Å². The van der Waals surface area contributed by atoms with Crippen molar-refractivity contribution < 1.29 is 0 Å². The molecule has 0 spiro atoms. The molecule has 0 bridgehead atoms. The average Bonchev–Trinajstić information content (AvgIpc) is 2.42. The van der Waals surface area contributed by atoms with Crippen LogP contribution in [0.1, 0.15) is 19.8 Å². The second kappa shape index (κ2) is 10.1. The molecule has 0 aromatic carbocycles. The zero-order chi connectivity index (χ0) is 14.7. The van der Waals surface area contributed by atoms with Crippen LogP contribution >= 0.6 is 0 Å². The lowest BCUT2D eigenvalue weighted by Crippen LogP contribution is -2.42. The molecule has 3 N–H and O–H groups in total. The number of hydrogen-bond acceptors (Lipinski definition) is 4. The molecule has 0 rings (SSSR count). The molecule has 0 saturated heterocycles. The van der Waals surface area contributed by atoms with E-state index in [1.54, 1.807) is 0 Å². The summed E-state index contributed by atoms with van der Waals surface area (Å²) in [6, 6.07) is 0.158. The molecule has 0 aromatic rings. The highest BCUT2D eigenvalue weighted by Crippen LogP contribution is 2.05. The van der Waals surface area contributed by atoms with Crippen molar-refractivity contribution in [2.75, 3.05) is 14.1 Å². The highest BCUT2D eigenvalue weighted by atomic mass is 15.5. The topological polar surface area (TPSA) is 51.2 Å². The molecule has 0 fully saturated rings. The Kier molecular flexibility index (Phi) is 9.18. The van der Waals surface area contributed by atoms with E-state index in [9.17, 15) is 0 Å². The molecule has 0 aliphatic heterocycles. The van der Waals surface area contributed by atoms with Crippen LogP contribution in [-0.4, -0.2) is 31.4 Å². The van der Waals surface area contributed by atoms with Crippen LogP contribution in [0.15, 0.2) is 48.9 Å². The van der Waals surface area contributed by atoms with Gasteiger partial charge in [0.25, 0.3) is 0 Å². The second-order valence-electron chi connectivity index (χ2n) is 4.33. The summed E-state index contributed by atoms with van der Waals surface area (Å²) in [6.07, 6.45) is 10.8. The third-order valence-electron chi connectivity index (χ3n) is 2.66. The number of rotatable bonds is 10. The van der Waals surface area contributed by atoms with Crippen LogP contribution in [0.3, 0.4) is 0 Å². The van der Waals surface area contributed by atoms with Gasteiger partial charge in [-0.15, -0.1) is 6.58 Å². The molecule has 1 unspecified atom stereocenters. The van der Waals surface area contributed by atoms with E-state index in [0.717, 1.165) is 24.1 Å². The summed E-state index contributed by atoms with van der Waals surface area (Å²) >= 11 is 0. The summed E-state index contributed by atoms with van der Waals surface area (Å²) in [6.45, 7) is 9.63. The van der Waals surface area contributed by atoms with E-state index in [-0.39, 0.29) is 6.04 Å². The maximum Gasteiger partial charge on any atom is 0.0655 e. The highest BCUT2D eigenvalue weighted by molar-refractivity contribution is 5.75. The minimum Gasteiger partial charge on any atom is -0.391 e. The largest absolute Gasteiger partial charge is 0.391 e. The maximum absolute atomic E-state index is 7.08. The smallest absolute Gasteiger partial charge is 0.0655 e. The van der Waals surface area contributed by atoms with Crippen LogP contribution in [-0.2, 0) is 0 Å². The normalized spacial score (nSPS) is 13.1. The Labute approximate surface area is 117 Å². The zero-order valence-corrected chi connectivity index (χ0v) is 12.2. The van der Waals surface area contributed by atoms with Crippen molar-refractivity contribution in [1.29, 1.82) is 5.41 Å². The van der Waals surface area contributed by atoms with Crippen molar-refractivity contribution in [3.05, 3.63) is 48.9 Å². The quantitative estimate of drug-likeness (QED) is 0.245. The third kappa shape index (κ3) is 8.00. The SMILES string of the molecule is C=CCCC(NN(C)/C=C\C=C(/C)C=N)C(=C)NC. The lowest BCUT2D eigenvalue weighted by atomic mass is 10.1. The summed E-state index contributed by atoms with van der Waals surface area (Å²) in [4.78, 5) is 0. The van der Waals surface area contributed by atoms with Gasteiger partial charge in [0.2, 0.25) is 0 Å². The first-order chi connectivity index (χ1) is 9.04. The van der Waals surface area contributed by atoms with Crippen LogP contribution in [0.5, 0.6) is 0 Å². The molecular weight excluding hydrogens is 236 g/mol. The van der Waals surface area contributed by atoms with Crippen molar-refractivity contribution in [3.63, 3.8) is 0 Å². The van der Waals surface area contributed by atoms with Crippen molar-refractivity contribution >= 4 is 6.21 Å². The molecule has 0 saturated carbocycles. The fraction of sp³-hybridized carbons (Fsp3) is 0.400. The van der Waals surface area contributed by atoms with Crippen molar-refractivity contribution in [2.24, 2.45) is 0 Å². The number of hydrazine groups is 1. The second-order valence-corrected chi connectivity index (χ2v) is 4.33. The first kappa shape index (κ1) is 17.2. The van der Waals surface area contributed by atoms with Crippen LogP contribution in [0, 0.1) is 5.41 Å². The van der Waals surface area contributed by atoms with E-state index in [0.29, 0.717) is 0 Å². The molecule has 0 radical (unpaired) electrons. The number of nitrogens with one attached hydrogen (secondary N) is 3. The molecule has 19 heavy (non-hydrogen) atoms. The Morgan fingerprint density at radius 1 is 1.47 bits per heavy atom. The molecule has 0 aliphatic carbocycles. The molecule has 1 atom stereocenters. The van der Waals surface area contributed by atoms with Crippen LogP contribution < -0.4 is 10.7 Å². The molecule has 106 valence electrons. The average molecular weight is 262 g/mol. The van der Waals surface area contributed by atoms with Gasteiger partial charge < -0.3 is 15.7 Å². The van der Waals surface area contributed by atoms with Gasteiger partial charge in [0.1, 0.15) is 0 Å². The molecule has 4 heteroatoms. The number of nitrogens with zero attached hydrogens (tertiary/aromatic N) is 1. The summed E-state index contributed by atoms with van der Waals surface area (Å²) in [5.41, 5.74) is 5.21. The standard InChI is InChI=1S/C15H26N4/c1-6-7-10-15(14(3)17-4)18-19(5)11-8-9-13(2)12-16/h6,8-9,11-12,15-18H,1,3,7,10H2,2,4-5H3/b11-8-,13-9+,16-12?. The molecule has 0 heterocycles. The number of hydrogen-bond donors (Lipinski definition) is 3. The molecular formula is C15H26N4. The van der Waals surface area contributed by atoms with E-state index >= 15 is 0 Å². The summed E-state index contributed by atoms with van der Waals surface area (Å²) in [5.74, 6) is 0. The van der Waals surface area contributed by atoms with Gasteiger partial charge in [0, 0.05) is 32.2 Å². The number of likely N-dealkylation sites (N-methyl/N-ethyl adjacent to an activating group) is 1. The molecule has 4 nitrogen and oxygen atoms in total. The fourth-order valence-electron chi connectivity index (χ4n) is 1.44. The Balaban J connectivity index is 4.44. The van der Waals surface area contributed by atoms with Crippen LogP contribution in [0.2, 0.25) is 0 Å². The van der Waals surface area contributed by atoms with Crippen molar-refractivity contribution in [2.45, 2.75) is 25.8 Å². The van der Waals surface area contributed by atoms with Crippen molar-refractivity contribution in [3.8, 4) is 0 Å². The van der Waals surface area contributed by atoms with Gasteiger partial charge in [-0.05, 0) is 31.4 Å². The van der Waals surface area contributed by atoms with Gasteiger partial charge in [-0.25, -0.2) is 5.43 Å². The van der Waals surface area contributed by atoms with Gasteiger partial charge in [-0.1, -0.05) is 18.7 Å². The van der Waals surface area contributed by atoms with E-state index in [4.69, 9.17) is 5.41 Å². The first-order valence-electron chi connectivity index (χ1n) is 6.37. The summed E-state index contributed by atoms with van der Waals surface area (Å²) in [5, 5.41) is 12.1. The van der Waals surface area contributed by atoms with Gasteiger partial charge in [-0.3, -0.25) is 0 Å². The molecule has 0 amide bonds. The lowest BCUT2D eigenvalue weighted by Gasteiger charge is -2.26. The van der Waals surface area contributed by atoms with Gasteiger partial charge >= 0.3 is 0 Å². The van der Waals surface area contributed by atoms with Gasteiger partial charge in [0.15, 0.2) is 0 Å². The fourth-order valence-corrected chi connectivity index (χ4v) is 1.44. The lowest BCUT2D eigenvalue weighted by molar-refractivity contribution is 0.279. The zero-order valence-electron chi connectivity index (χ0n) is 12.2. The minimum absolute atomic E-state index is 0.158. The summed E-state index contributed by atoms with van der Waals surface area (Å²) < 4.78 is 0. The van der Waals surface area contributed by atoms with Crippen LogP contribution in [0.25, 0.3) is 0 Å². The first-order valence-corrected chi connectivity index (χ1v) is 6.37. The Morgan fingerprint density at radius 2 is 2.16 bits per heavy atom. The predicted molar refractivity (Wildman–Crippen MR) is 84.0 cm³/mol. The van der Waals surface area contributed by atoms with Crippen molar-refractivity contribution in [1.82, 2.24) is 15.8 Å². The van der Waals surface area contributed by atoms with E-state index in [1.807, 2.05) is 50.5 Å². The molecule has 0 aliphatic rings. The minimum atomic E-state index is 0.158. The Bertz CT molecular complexity index is 355. The maximum atomic E-state index is 7.08. The van der Waals surface area contributed by atoms with Gasteiger partial charge in [-0.2, -0.15) is 0 Å². The Morgan fingerprint density at radius 3 is 2.68 bits per heavy atom. The third-order valence-corrected chi connectivity index (χ3v) is 2.66.